The second-order valence-corrected chi connectivity index (χ2v) is 7.18. The number of rotatable bonds is 5. The van der Waals surface area contributed by atoms with Crippen LogP contribution >= 0.6 is 0 Å². The van der Waals surface area contributed by atoms with E-state index in [1.54, 1.807) is 23.4 Å². The van der Waals surface area contributed by atoms with Gasteiger partial charge in [0, 0.05) is 38.1 Å². The third kappa shape index (κ3) is 4.34. The summed E-state index contributed by atoms with van der Waals surface area (Å²) in [7, 11) is 1.93. The number of benzene rings is 1. The molecule has 9 heteroatoms. The molecule has 2 N–H and O–H groups in total. The van der Waals surface area contributed by atoms with Crippen molar-refractivity contribution in [2.24, 2.45) is 0 Å². The zero-order valence-electron chi connectivity index (χ0n) is 16.4. The molecule has 1 aromatic carbocycles. The summed E-state index contributed by atoms with van der Waals surface area (Å²) in [6, 6.07) is 5.35. The summed E-state index contributed by atoms with van der Waals surface area (Å²) >= 11 is 0. The van der Waals surface area contributed by atoms with Crippen LogP contribution in [0.15, 0.2) is 30.6 Å². The Labute approximate surface area is 169 Å². The van der Waals surface area contributed by atoms with E-state index in [4.69, 9.17) is 9.47 Å². The molecule has 2 aliphatic heterocycles. The molecule has 2 amide bonds. The first-order valence-electron chi connectivity index (χ1n) is 9.73. The van der Waals surface area contributed by atoms with Gasteiger partial charge in [-0.05, 0) is 18.2 Å². The molecule has 4 rings (SSSR count). The Hall–Kier alpha value is -3.07. The Balaban J connectivity index is 1.41. The average molecular weight is 399 g/mol. The number of likely N-dealkylation sites (N-methyl/N-ethyl adjacent to an activating group) is 1. The largest absolute Gasteiger partial charge is 0.489 e. The predicted octanol–water partition coefficient (Wildman–Crippen LogP) is 0.786. The van der Waals surface area contributed by atoms with Crippen LogP contribution in [0.25, 0.3) is 0 Å². The minimum Gasteiger partial charge on any atom is -0.489 e. The van der Waals surface area contributed by atoms with Gasteiger partial charge in [-0.3, -0.25) is 9.59 Å². The van der Waals surface area contributed by atoms with Crippen LogP contribution in [0, 0.1) is 0 Å². The van der Waals surface area contributed by atoms with Crippen LogP contribution < -0.4 is 15.0 Å². The lowest BCUT2D eigenvalue weighted by Gasteiger charge is -2.36. The molecule has 1 atom stereocenters. The van der Waals surface area contributed by atoms with Gasteiger partial charge in [0.25, 0.3) is 5.91 Å². The van der Waals surface area contributed by atoms with E-state index in [1.165, 1.54) is 0 Å². The molecular weight excluding hydrogens is 374 g/mol. The van der Waals surface area contributed by atoms with Crippen molar-refractivity contribution in [3.63, 3.8) is 0 Å². The normalized spacial score (nSPS) is 18.7. The maximum atomic E-state index is 12.8. The SMILES string of the molecule is CN1c2cc(C(=O)N3CCOCC3)ccc2OCC1CC(=O)NCc1ncc[nH]1. The first kappa shape index (κ1) is 19.3. The third-order valence-electron chi connectivity index (χ3n) is 5.29. The second kappa shape index (κ2) is 8.52. The van der Waals surface area contributed by atoms with Gasteiger partial charge in [-0.15, -0.1) is 0 Å². The summed E-state index contributed by atoms with van der Waals surface area (Å²) in [6.45, 7) is 3.09. The number of fused-ring (bicyclic) bond motifs is 1. The molecule has 0 spiro atoms. The molecular formula is C20H25N5O4. The number of hydrogen-bond donors (Lipinski definition) is 2. The maximum Gasteiger partial charge on any atom is 0.254 e. The van der Waals surface area contributed by atoms with Gasteiger partial charge in [0.05, 0.1) is 37.9 Å². The zero-order chi connectivity index (χ0) is 20.2. The van der Waals surface area contributed by atoms with E-state index in [9.17, 15) is 9.59 Å². The molecule has 1 fully saturated rings. The topological polar surface area (TPSA) is 99.8 Å². The van der Waals surface area contributed by atoms with Crippen LogP contribution in [0.2, 0.25) is 0 Å². The van der Waals surface area contributed by atoms with Crippen molar-refractivity contribution in [3.05, 3.63) is 42.0 Å². The van der Waals surface area contributed by atoms with E-state index in [0.717, 1.165) is 11.4 Å². The fraction of sp³-hybridized carbons (Fsp3) is 0.450. The first-order chi connectivity index (χ1) is 14.1. The fourth-order valence-corrected chi connectivity index (χ4v) is 3.55. The highest BCUT2D eigenvalue weighted by Crippen LogP contribution is 2.34. The number of aromatic amines is 1. The molecule has 154 valence electrons. The predicted molar refractivity (Wildman–Crippen MR) is 106 cm³/mol. The molecule has 0 saturated carbocycles. The molecule has 1 saturated heterocycles. The van der Waals surface area contributed by atoms with Crippen molar-refractivity contribution in [2.45, 2.75) is 19.0 Å². The number of morpholine rings is 1. The number of hydrogen-bond acceptors (Lipinski definition) is 6. The molecule has 0 bridgehead atoms. The second-order valence-electron chi connectivity index (χ2n) is 7.18. The van der Waals surface area contributed by atoms with Gasteiger partial charge in [-0.25, -0.2) is 4.98 Å². The van der Waals surface area contributed by atoms with Crippen LogP contribution in [0.3, 0.4) is 0 Å². The van der Waals surface area contributed by atoms with Crippen molar-refractivity contribution in [3.8, 4) is 5.75 Å². The molecule has 9 nitrogen and oxygen atoms in total. The van der Waals surface area contributed by atoms with E-state index in [1.807, 2.05) is 24.1 Å². The van der Waals surface area contributed by atoms with Gasteiger partial charge in [0.15, 0.2) is 0 Å². The number of carbonyl (C=O) groups excluding carboxylic acids is 2. The molecule has 3 heterocycles. The summed E-state index contributed by atoms with van der Waals surface area (Å²) in [5.41, 5.74) is 1.43. The Morgan fingerprint density at radius 2 is 2.14 bits per heavy atom. The summed E-state index contributed by atoms with van der Waals surface area (Å²) in [6.07, 6.45) is 3.66. The van der Waals surface area contributed by atoms with E-state index in [-0.39, 0.29) is 24.3 Å². The smallest absolute Gasteiger partial charge is 0.254 e. The van der Waals surface area contributed by atoms with Crippen LogP contribution in [-0.4, -0.2) is 72.7 Å². The molecule has 2 aliphatic rings. The molecule has 0 aliphatic carbocycles. The standard InChI is InChI=1S/C20H25N5O4/c1-24-15(11-19(26)23-12-18-21-4-5-22-18)13-29-17-3-2-14(10-16(17)24)20(27)25-6-8-28-9-7-25/h2-5,10,15H,6-9,11-13H2,1H3,(H,21,22)(H,23,26). The minimum atomic E-state index is -0.118. The minimum absolute atomic E-state index is 0.0113. The summed E-state index contributed by atoms with van der Waals surface area (Å²) in [5.74, 6) is 1.34. The van der Waals surface area contributed by atoms with Gasteiger partial charge in [-0.1, -0.05) is 0 Å². The molecule has 1 unspecified atom stereocenters. The van der Waals surface area contributed by atoms with Gasteiger partial charge in [-0.2, -0.15) is 0 Å². The van der Waals surface area contributed by atoms with Gasteiger partial charge in [0.2, 0.25) is 5.91 Å². The number of imidazole rings is 1. The number of nitrogens with one attached hydrogen (secondary N) is 2. The van der Waals surface area contributed by atoms with Crippen LogP contribution in [0.4, 0.5) is 5.69 Å². The zero-order valence-corrected chi connectivity index (χ0v) is 16.4. The van der Waals surface area contributed by atoms with Crippen LogP contribution in [0.1, 0.15) is 22.6 Å². The van der Waals surface area contributed by atoms with E-state index < -0.39 is 0 Å². The quantitative estimate of drug-likeness (QED) is 0.771. The number of carbonyl (C=O) groups is 2. The third-order valence-corrected chi connectivity index (χ3v) is 5.29. The maximum absolute atomic E-state index is 12.8. The lowest BCUT2D eigenvalue weighted by atomic mass is 10.1. The number of aromatic nitrogens is 2. The molecule has 1 aromatic heterocycles. The summed E-state index contributed by atoms with van der Waals surface area (Å²) in [5, 5.41) is 2.86. The summed E-state index contributed by atoms with van der Waals surface area (Å²) < 4.78 is 11.2. The van der Waals surface area contributed by atoms with E-state index in [2.05, 4.69) is 15.3 Å². The van der Waals surface area contributed by atoms with E-state index in [0.29, 0.717) is 50.8 Å². The highest BCUT2D eigenvalue weighted by molar-refractivity contribution is 5.96. The Bertz CT molecular complexity index is 864. The number of anilines is 1. The van der Waals surface area contributed by atoms with Crippen LogP contribution in [0.5, 0.6) is 5.75 Å². The number of ether oxygens (including phenoxy) is 2. The molecule has 29 heavy (non-hydrogen) atoms. The summed E-state index contributed by atoms with van der Waals surface area (Å²) in [4.78, 5) is 36.0. The van der Waals surface area contributed by atoms with Crippen molar-refractivity contribution in [1.29, 1.82) is 0 Å². The number of H-pyrrole nitrogens is 1. The molecule has 0 radical (unpaired) electrons. The molecule has 2 aromatic rings. The monoisotopic (exact) mass is 399 g/mol. The van der Waals surface area contributed by atoms with Crippen molar-refractivity contribution >= 4 is 17.5 Å². The lowest BCUT2D eigenvalue weighted by Crippen LogP contribution is -2.44. The highest BCUT2D eigenvalue weighted by Gasteiger charge is 2.28. The highest BCUT2D eigenvalue weighted by atomic mass is 16.5. The van der Waals surface area contributed by atoms with Gasteiger partial charge >= 0.3 is 0 Å². The van der Waals surface area contributed by atoms with Crippen LogP contribution in [-0.2, 0) is 16.1 Å². The van der Waals surface area contributed by atoms with E-state index >= 15 is 0 Å². The average Bonchev–Trinajstić information content (AvgIpc) is 3.28. The Kier molecular flexibility index (Phi) is 5.66. The van der Waals surface area contributed by atoms with Gasteiger partial charge in [0.1, 0.15) is 18.2 Å². The van der Waals surface area contributed by atoms with Crippen molar-refractivity contribution in [2.75, 3.05) is 44.9 Å². The Morgan fingerprint density at radius 3 is 2.90 bits per heavy atom. The first-order valence-corrected chi connectivity index (χ1v) is 9.73. The van der Waals surface area contributed by atoms with Crippen molar-refractivity contribution in [1.82, 2.24) is 20.2 Å². The number of nitrogens with zero attached hydrogens (tertiary/aromatic N) is 3. The fourth-order valence-electron chi connectivity index (χ4n) is 3.55. The van der Waals surface area contributed by atoms with Crippen molar-refractivity contribution < 1.29 is 19.1 Å². The number of amides is 2. The lowest BCUT2D eigenvalue weighted by molar-refractivity contribution is -0.121. The van der Waals surface area contributed by atoms with Gasteiger partial charge < -0.3 is 29.6 Å². The Morgan fingerprint density at radius 1 is 1.31 bits per heavy atom.